The lowest BCUT2D eigenvalue weighted by Gasteiger charge is -2.14. The van der Waals surface area contributed by atoms with Gasteiger partial charge in [-0.2, -0.15) is 0 Å². The SMILES string of the molecule is CC(CNCCCCCCCC/C=C\CCCCCCCC(=O)O)NCCCCCCCC/C=C\CCCCCCCC(=O)O. The molecule has 4 N–H and O–H groups in total. The van der Waals surface area contributed by atoms with Gasteiger partial charge in [-0.1, -0.05) is 114 Å². The van der Waals surface area contributed by atoms with E-state index in [9.17, 15) is 9.59 Å². The van der Waals surface area contributed by atoms with Gasteiger partial charge in [-0.25, -0.2) is 0 Å². The Morgan fingerprint density at radius 2 is 0.778 bits per heavy atom. The molecule has 0 amide bonds. The molecule has 0 aromatic carbocycles. The predicted octanol–water partition coefficient (Wildman–Crippen LogP) is 10.8. The van der Waals surface area contributed by atoms with Gasteiger partial charge in [0.05, 0.1) is 0 Å². The number of hydrogen-bond donors (Lipinski definition) is 4. The third-order valence-corrected chi connectivity index (χ3v) is 8.57. The van der Waals surface area contributed by atoms with Crippen molar-refractivity contribution in [2.24, 2.45) is 0 Å². The number of hydrogen-bond acceptors (Lipinski definition) is 4. The van der Waals surface area contributed by atoms with Crippen LogP contribution in [0, 0.1) is 0 Å². The number of nitrogens with one attached hydrogen (secondary N) is 2. The third kappa shape index (κ3) is 40.3. The van der Waals surface area contributed by atoms with Crippen LogP contribution in [0.1, 0.15) is 187 Å². The summed E-state index contributed by atoms with van der Waals surface area (Å²) in [7, 11) is 0. The van der Waals surface area contributed by atoms with Crippen molar-refractivity contribution in [2.45, 2.75) is 193 Å². The van der Waals surface area contributed by atoms with Crippen LogP contribution in [0.5, 0.6) is 0 Å². The van der Waals surface area contributed by atoms with Crippen LogP contribution < -0.4 is 10.6 Å². The van der Waals surface area contributed by atoms with Gasteiger partial charge in [0.15, 0.2) is 0 Å². The second kappa shape index (κ2) is 36.8. The predicted molar refractivity (Wildman–Crippen MR) is 193 cm³/mol. The summed E-state index contributed by atoms with van der Waals surface area (Å²) in [5.74, 6) is -1.34. The monoisotopic (exact) mass is 635 g/mol. The summed E-state index contributed by atoms with van der Waals surface area (Å²) in [5, 5.41) is 24.6. The van der Waals surface area contributed by atoms with Crippen LogP contribution in [-0.2, 0) is 9.59 Å². The standard InChI is InChI=1S/C39H74N2O4/c1-37(41-35-31-27-23-19-15-11-7-3-5-9-13-17-21-25-29-33-39(44)45)36-40-34-30-26-22-18-14-10-6-2-4-8-12-16-20-24-28-32-38(42)43/h2-5,37,40-41H,6-36H2,1H3,(H,42,43)(H,44,45)/b4-2-,5-3-. The number of carboxylic acids is 2. The molecule has 0 aliphatic carbocycles. The lowest BCUT2D eigenvalue weighted by atomic mass is 10.1. The Morgan fingerprint density at radius 1 is 0.467 bits per heavy atom. The first-order valence-corrected chi connectivity index (χ1v) is 19.2. The number of carbonyl (C=O) groups is 2. The van der Waals surface area contributed by atoms with E-state index in [1.165, 1.54) is 128 Å². The Bertz CT molecular complexity index is 695. The van der Waals surface area contributed by atoms with Crippen molar-refractivity contribution in [3.05, 3.63) is 24.3 Å². The maximum Gasteiger partial charge on any atom is 0.303 e. The molecule has 0 bridgehead atoms. The van der Waals surface area contributed by atoms with Gasteiger partial charge >= 0.3 is 11.9 Å². The van der Waals surface area contributed by atoms with E-state index in [1.807, 2.05) is 0 Å². The van der Waals surface area contributed by atoms with Gasteiger partial charge in [0.1, 0.15) is 0 Å². The summed E-state index contributed by atoms with van der Waals surface area (Å²) in [6.45, 7) is 5.64. The summed E-state index contributed by atoms with van der Waals surface area (Å²) in [4.78, 5) is 21.0. The molecule has 0 aliphatic rings. The average molecular weight is 635 g/mol. The van der Waals surface area contributed by atoms with Gasteiger partial charge in [0.25, 0.3) is 0 Å². The zero-order chi connectivity index (χ0) is 32.9. The fourth-order valence-electron chi connectivity index (χ4n) is 5.66. The number of unbranched alkanes of at least 4 members (excludes halogenated alkanes) is 22. The molecule has 0 radical (unpaired) electrons. The van der Waals surface area contributed by atoms with Crippen molar-refractivity contribution < 1.29 is 19.8 Å². The van der Waals surface area contributed by atoms with Crippen LogP contribution in [0.15, 0.2) is 24.3 Å². The molecule has 45 heavy (non-hydrogen) atoms. The van der Waals surface area contributed by atoms with Gasteiger partial charge in [-0.15, -0.1) is 0 Å². The smallest absolute Gasteiger partial charge is 0.303 e. The van der Waals surface area contributed by atoms with Crippen LogP contribution in [-0.4, -0.2) is 47.8 Å². The second-order valence-corrected chi connectivity index (χ2v) is 13.2. The van der Waals surface area contributed by atoms with E-state index in [-0.39, 0.29) is 0 Å². The van der Waals surface area contributed by atoms with Gasteiger partial charge in [-0.05, 0) is 97.1 Å². The van der Waals surface area contributed by atoms with Crippen LogP contribution in [0.2, 0.25) is 0 Å². The van der Waals surface area contributed by atoms with Crippen molar-refractivity contribution in [1.29, 1.82) is 0 Å². The Morgan fingerprint density at radius 3 is 1.16 bits per heavy atom. The molecule has 0 aromatic rings. The summed E-state index contributed by atoms with van der Waals surface area (Å²) in [6.07, 6.45) is 41.8. The maximum absolute atomic E-state index is 10.5. The zero-order valence-corrected chi connectivity index (χ0v) is 29.5. The molecule has 6 heteroatoms. The third-order valence-electron chi connectivity index (χ3n) is 8.57. The van der Waals surface area contributed by atoms with E-state index in [4.69, 9.17) is 10.2 Å². The molecule has 0 fully saturated rings. The van der Waals surface area contributed by atoms with Crippen molar-refractivity contribution in [1.82, 2.24) is 10.6 Å². The molecule has 0 aromatic heterocycles. The van der Waals surface area contributed by atoms with E-state index in [0.717, 1.165) is 58.2 Å². The Kier molecular flexibility index (Phi) is 35.4. The molecular weight excluding hydrogens is 560 g/mol. The molecule has 0 saturated heterocycles. The highest BCUT2D eigenvalue weighted by Crippen LogP contribution is 2.11. The van der Waals surface area contributed by atoms with E-state index in [2.05, 4.69) is 41.9 Å². The fraction of sp³-hybridized carbons (Fsp3) is 0.846. The number of allylic oxidation sites excluding steroid dienone is 4. The minimum absolute atomic E-state index is 0.320. The van der Waals surface area contributed by atoms with Gasteiger partial charge in [0, 0.05) is 25.4 Å². The first-order chi connectivity index (χ1) is 22.0. The largest absolute Gasteiger partial charge is 0.481 e. The summed E-state index contributed by atoms with van der Waals surface area (Å²) >= 11 is 0. The molecule has 1 atom stereocenters. The summed E-state index contributed by atoms with van der Waals surface area (Å²) in [6, 6.07) is 0.547. The first kappa shape index (κ1) is 43.3. The van der Waals surface area contributed by atoms with Crippen LogP contribution in [0.3, 0.4) is 0 Å². The van der Waals surface area contributed by atoms with E-state index >= 15 is 0 Å². The Hall–Kier alpha value is -1.66. The second-order valence-electron chi connectivity index (χ2n) is 13.2. The van der Waals surface area contributed by atoms with Gasteiger partial charge in [0.2, 0.25) is 0 Å². The molecule has 0 aliphatic heterocycles. The molecule has 0 saturated carbocycles. The topological polar surface area (TPSA) is 98.7 Å². The van der Waals surface area contributed by atoms with Gasteiger partial charge < -0.3 is 20.8 Å². The van der Waals surface area contributed by atoms with Crippen LogP contribution in [0.25, 0.3) is 0 Å². The van der Waals surface area contributed by atoms with Crippen molar-refractivity contribution in [3.63, 3.8) is 0 Å². The quantitative estimate of drug-likeness (QED) is 0.0401. The highest BCUT2D eigenvalue weighted by molar-refractivity contribution is 5.66. The number of aliphatic carboxylic acids is 2. The zero-order valence-electron chi connectivity index (χ0n) is 29.5. The molecule has 0 spiro atoms. The van der Waals surface area contributed by atoms with E-state index in [1.54, 1.807) is 0 Å². The molecule has 264 valence electrons. The average Bonchev–Trinajstić information content (AvgIpc) is 3.01. The Labute approximate surface area is 278 Å². The van der Waals surface area contributed by atoms with Crippen LogP contribution in [0.4, 0.5) is 0 Å². The number of rotatable bonds is 37. The van der Waals surface area contributed by atoms with Crippen molar-refractivity contribution >= 4 is 11.9 Å². The lowest BCUT2D eigenvalue weighted by molar-refractivity contribution is -0.138. The first-order valence-electron chi connectivity index (χ1n) is 19.2. The Balaban J connectivity index is 3.24. The molecular formula is C39H74N2O4. The van der Waals surface area contributed by atoms with Crippen molar-refractivity contribution in [3.8, 4) is 0 Å². The van der Waals surface area contributed by atoms with Gasteiger partial charge in [-0.3, -0.25) is 9.59 Å². The fourth-order valence-corrected chi connectivity index (χ4v) is 5.66. The molecule has 0 rings (SSSR count). The lowest BCUT2D eigenvalue weighted by Crippen LogP contribution is -2.37. The normalized spacial score (nSPS) is 12.5. The van der Waals surface area contributed by atoms with E-state index < -0.39 is 11.9 Å². The highest BCUT2D eigenvalue weighted by Gasteiger charge is 2.01. The highest BCUT2D eigenvalue weighted by atomic mass is 16.4. The minimum Gasteiger partial charge on any atom is -0.481 e. The molecule has 1 unspecified atom stereocenters. The van der Waals surface area contributed by atoms with Crippen molar-refractivity contribution in [2.75, 3.05) is 19.6 Å². The summed E-state index contributed by atoms with van der Waals surface area (Å²) < 4.78 is 0. The minimum atomic E-state index is -0.670. The molecule has 6 nitrogen and oxygen atoms in total. The van der Waals surface area contributed by atoms with E-state index in [0.29, 0.717) is 18.9 Å². The summed E-state index contributed by atoms with van der Waals surface area (Å²) in [5.41, 5.74) is 0. The van der Waals surface area contributed by atoms with Crippen LogP contribution >= 0.6 is 0 Å². The number of carboxylic acid groups (broad SMARTS) is 2. The maximum atomic E-state index is 10.5. The molecule has 0 heterocycles.